The van der Waals surface area contributed by atoms with Crippen molar-refractivity contribution < 1.29 is 0 Å². The van der Waals surface area contributed by atoms with Crippen molar-refractivity contribution in [2.45, 2.75) is 44.7 Å². The van der Waals surface area contributed by atoms with Gasteiger partial charge < -0.3 is 5.32 Å². The predicted molar refractivity (Wildman–Crippen MR) is 63.0 cm³/mol. The molecule has 1 fully saturated rings. The monoisotopic (exact) mass is 224 g/mol. The Bertz CT molecular complexity index is 311. The van der Waals surface area contributed by atoms with Gasteiger partial charge in [0, 0.05) is 18.3 Å². The van der Waals surface area contributed by atoms with Crippen molar-refractivity contribution in [3.05, 3.63) is 29.0 Å². The van der Waals surface area contributed by atoms with Crippen LogP contribution < -0.4 is 5.32 Å². The summed E-state index contributed by atoms with van der Waals surface area (Å²) in [6, 6.07) is 3.88. The normalized spacial score (nSPS) is 18.5. The molecule has 0 aromatic carbocycles. The fraction of sp³-hybridized carbons (Fsp3) is 0.583. The molecule has 1 aliphatic rings. The molecular formula is C12H17ClN2. The average molecular weight is 225 g/mol. The van der Waals surface area contributed by atoms with Crippen LogP contribution in [-0.4, -0.2) is 10.5 Å². The number of rotatable bonds is 4. The van der Waals surface area contributed by atoms with Gasteiger partial charge in [0.2, 0.25) is 0 Å². The van der Waals surface area contributed by atoms with Gasteiger partial charge >= 0.3 is 0 Å². The number of hydrogen-bond donors (Lipinski definition) is 1. The van der Waals surface area contributed by atoms with Gasteiger partial charge in [0.05, 0.1) is 0 Å². The van der Waals surface area contributed by atoms with Crippen molar-refractivity contribution in [3.8, 4) is 0 Å². The third-order valence-electron chi connectivity index (χ3n) is 3.44. The summed E-state index contributed by atoms with van der Waals surface area (Å²) in [4.78, 5) is 4.07. The number of hydrogen-bond acceptors (Lipinski definition) is 2. The van der Waals surface area contributed by atoms with Crippen molar-refractivity contribution in [1.82, 2.24) is 10.3 Å². The Kier molecular flexibility index (Phi) is 3.27. The average Bonchev–Trinajstić information content (AvgIpc) is 2.20. The fourth-order valence-electron chi connectivity index (χ4n) is 2.06. The molecule has 0 aliphatic heterocycles. The highest BCUT2D eigenvalue weighted by Crippen LogP contribution is 2.34. The number of nitrogens with one attached hydrogen (secondary N) is 1. The third kappa shape index (κ3) is 2.50. The van der Waals surface area contributed by atoms with Crippen LogP contribution in [0.25, 0.3) is 0 Å². The molecule has 1 aromatic heterocycles. The lowest BCUT2D eigenvalue weighted by molar-refractivity contribution is 0.175. The maximum absolute atomic E-state index is 5.74. The molecule has 3 heteroatoms. The first-order chi connectivity index (χ1) is 7.24. The van der Waals surface area contributed by atoms with Gasteiger partial charge in [0.15, 0.2) is 0 Å². The van der Waals surface area contributed by atoms with Crippen LogP contribution in [0.4, 0.5) is 0 Å². The van der Waals surface area contributed by atoms with Crippen molar-refractivity contribution in [2.75, 3.05) is 0 Å². The molecule has 1 aliphatic carbocycles. The Balaban J connectivity index is 1.90. The molecule has 0 spiro atoms. The topological polar surface area (TPSA) is 24.9 Å². The summed E-state index contributed by atoms with van der Waals surface area (Å²) in [6.45, 7) is 3.16. The van der Waals surface area contributed by atoms with E-state index < -0.39 is 0 Å². The molecule has 0 saturated heterocycles. The molecule has 0 bridgehead atoms. The van der Waals surface area contributed by atoms with E-state index in [4.69, 9.17) is 11.6 Å². The van der Waals surface area contributed by atoms with Gasteiger partial charge in [-0.25, -0.2) is 4.98 Å². The Hall–Kier alpha value is -0.600. The highest BCUT2D eigenvalue weighted by molar-refractivity contribution is 6.29. The molecule has 1 heterocycles. The van der Waals surface area contributed by atoms with E-state index in [1.54, 1.807) is 0 Å². The number of aromatic nitrogens is 1. The maximum atomic E-state index is 5.74. The quantitative estimate of drug-likeness (QED) is 0.795. The van der Waals surface area contributed by atoms with Gasteiger partial charge in [-0.1, -0.05) is 24.6 Å². The second kappa shape index (κ2) is 4.50. The van der Waals surface area contributed by atoms with Crippen LogP contribution in [0, 0.1) is 0 Å². The molecule has 15 heavy (non-hydrogen) atoms. The van der Waals surface area contributed by atoms with Crippen molar-refractivity contribution in [2.24, 2.45) is 0 Å². The van der Waals surface area contributed by atoms with Crippen LogP contribution in [0.5, 0.6) is 0 Å². The Morgan fingerprint density at radius 1 is 1.47 bits per heavy atom. The van der Waals surface area contributed by atoms with E-state index in [1.807, 2.05) is 18.3 Å². The first kappa shape index (κ1) is 10.9. The highest BCUT2D eigenvalue weighted by Gasteiger charge is 2.34. The molecule has 1 N–H and O–H groups in total. The Labute approximate surface area is 96.1 Å². The largest absolute Gasteiger partial charge is 0.307 e. The Morgan fingerprint density at radius 2 is 2.27 bits per heavy atom. The fourth-order valence-corrected chi connectivity index (χ4v) is 2.17. The van der Waals surface area contributed by atoms with Crippen LogP contribution in [0.2, 0.25) is 5.15 Å². The van der Waals surface area contributed by atoms with Gasteiger partial charge in [-0.3, -0.25) is 0 Å². The minimum absolute atomic E-state index is 0.402. The van der Waals surface area contributed by atoms with Gasteiger partial charge in [0.1, 0.15) is 5.15 Å². The predicted octanol–water partition coefficient (Wildman–Crippen LogP) is 3.16. The van der Waals surface area contributed by atoms with Gasteiger partial charge in [-0.05, 0) is 37.3 Å². The lowest BCUT2D eigenvalue weighted by atomic mass is 9.75. The molecule has 82 valence electrons. The standard InChI is InChI=1S/C12H17ClN2/c1-2-12(6-3-7-12)15-9-10-4-5-11(13)14-8-10/h4-5,8,15H,2-3,6-7,9H2,1H3. The summed E-state index contributed by atoms with van der Waals surface area (Å²) in [5.41, 5.74) is 1.61. The molecule has 0 unspecified atom stereocenters. The van der Waals surface area contributed by atoms with Gasteiger partial charge in [-0.15, -0.1) is 0 Å². The lowest BCUT2D eigenvalue weighted by Gasteiger charge is -2.42. The number of halogens is 1. The summed E-state index contributed by atoms with van der Waals surface area (Å²) < 4.78 is 0. The van der Waals surface area contributed by atoms with Gasteiger partial charge in [-0.2, -0.15) is 0 Å². The Morgan fingerprint density at radius 3 is 2.73 bits per heavy atom. The zero-order chi connectivity index (χ0) is 10.7. The van der Waals surface area contributed by atoms with Crippen molar-refractivity contribution >= 4 is 11.6 Å². The summed E-state index contributed by atoms with van der Waals surface area (Å²) >= 11 is 5.74. The number of pyridine rings is 1. The lowest BCUT2D eigenvalue weighted by Crippen LogP contribution is -2.49. The minimum atomic E-state index is 0.402. The van der Waals surface area contributed by atoms with Crippen LogP contribution in [0.15, 0.2) is 18.3 Å². The molecule has 0 amide bonds. The highest BCUT2D eigenvalue weighted by atomic mass is 35.5. The molecule has 1 aromatic rings. The van der Waals surface area contributed by atoms with E-state index >= 15 is 0 Å². The summed E-state index contributed by atoms with van der Waals surface area (Å²) in [6.07, 6.45) is 7.04. The summed E-state index contributed by atoms with van der Waals surface area (Å²) in [7, 11) is 0. The van der Waals surface area contributed by atoms with Crippen LogP contribution in [0.1, 0.15) is 38.2 Å². The van der Waals surface area contributed by atoms with Crippen LogP contribution in [0.3, 0.4) is 0 Å². The maximum Gasteiger partial charge on any atom is 0.129 e. The first-order valence-corrected chi connectivity index (χ1v) is 5.97. The van der Waals surface area contributed by atoms with E-state index in [0.29, 0.717) is 10.7 Å². The smallest absolute Gasteiger partial charge is 0.129 e. The minimum Gasteiger partial charge on any atom is -0.307 e. The SMILES string of the molecule is CCC1(NCc2ccc(Cl)nc2)CCC1. The van der Waals surface area contributed by atoms with E-state index in [2.05, 4.69) is 17.2 Å². The summed E-state index contributed by atoms with van der Waals surface area (Å²) in [5, 5.41) is 4.20. The van der Waals surface area contributed by atoms with Crippen LogP contribution in [-0.2, 0) is 6.54 Å². The summed E-state index contributed by atoms with van der Waals surface area (Å²) in [5.74, 6) is 0. The second-order valence-corrected chi connectivity index (χ2v) is 4.72. The van der Waals surface area contributed by atoms with Crippen molar-refractivity contribution in [3.63, 3.8) is 0 Å². The molecule has 2 nitrogen and oxygen atoms in total. The molecular weight excluding hydrogens is 208 g/mol. The molecule has 2 rings (SSSR count). The van der Waals surface area contributed by atoms with E-state index in [1.165, 1.54) is 31.2 Å². The number of nitrogens with zero attached hydrogens (tertiary/aromatic N) is 1. The molecule has 0 radical (unpaired) electrons. The second-order valence-electron chi connectivity index (χ2n) is 4.33. The van der Waals surface area contributed by atoms with Crippen molar-refractivity contribution in [1.29, 1.82) is 0 Å². The first-order valence-electron chi connectivity index (χ1n) is 5.60. The van der Waals surface area contributed by atoms with E-state index in [-0.39, 0.29) is 0 Å². The van der Waals surface area contributed by atoms with E-state index in [9.17, 15) is 0 Å². The zero-order valence-electron chi connectivity index (χ0n) is 9.09. The van der Waals surface area contributed by atoms with Crippen LogP contribution >= 0.6 is 11.6 Å². The molecule has 1 saturated carbocycles. The third-order valence-corrected chi connectivity index (χ3v) is 3.67. The molecule has 0 atom stereocenters. The van der Waals surface area contributed by atoms with Gasteiger partial charge in [0.25, 0.3) is 0 Å². The zero-order valence-corrected chi connectivity index (χ0v) is 9.85. The van der Waals surface area contributed by atoms with E-state index in [0.717, 1.165) is 6.54 Å².